The van der Waals surface area contributed by atoms with Crippen LogP contribution in [0.2, 0.25) is 0 Å². The van der Waals surface area contributed by atoms with E-state index in [1.165, 1.54) is 0 Å². The van der Waals surface area contributed by atoms with Gasteiger partial charge in [-0.05, 0) is 19.8 Å². The maximum atomic E-state index is 11.6. The summed E-state index contributed by atoms with van der Waals surface area (Å²) in [5, 5.41) is 0. The lowest BCUT2D eigenvalue weighted by molar-refractivity contribution is -0.131. The number of nitrogens with zero attached hydrogens (tertiary/aromatic N) is 1. The van der Waals surface area contributed by atoms with Crippen molar-refractivity contribution in [3.63, 3.8) is 0 Å². The highest BCUT2D eigenvalue weighted by Gasteiger charge is 2.36. The van der Waals surface area contributed by atoms with E-state index in [0.717, 1.165) is 13.0 Å². The number of carbonyl (C=O) groups excluding carboxylic acids is 1. The standard InChI is InChI=1S/C10H20N2O/c1-4-8-5-9(13)12(6-8)10(2,3)7-11/h8H,4-7,11H2,1-3H3. The van der Waals surface area contributed by atoms with Gasteiger partial charge in [0.1, 0.15) is 0 Å². The van der Waals surface area contributed by atoms with Gasteiger partial charge in [-0.25, -0.2) is 0 Å². The Balaban J connectivity index is 2.67. The van der Waals surface area contributed by atoms with E-state index in [4.69, 9.17) is 5.73 Å². The Bertz CT molecular complexity index is 201. The monoisotopic (exact) mass is 184 g/mol. The molecule has 1 atom stereocenters. The van der Waals surface area contributed by atoms with Gasteiger partial charge in [0.2, 0.25) is 5.91 Å². The maximum absolute atomic E-state index is 11.6. The van der Waals surface area contributed by atoms with Crippen molar-refractivity contribution in [2.24, 2.45) is 11.7 Å². The molecule has 1 unspecified atom stereocenters. The summed E-state index contributed by atoms with van der Waals surface area (Å²) in [4.78, 5) is 13.6. The van der Waals surface area contributed by atoms with Crippen LogP contribution < -0.4 is 5.73 Å². The minimum Gasteiger partial charge on any atom is -0.336 e. The molecule has 1 fully saturated rings. The molecular weight excluding hydrogens is 164 g/mol. The third-order valence-electron chi connectivity index (χ3n) is 3.01. The zero-order valence-electron chi connectivity index (χ0n) is 8.84. The number of nitrogens with two attached hydrogens (primary N) is 1. The molecule has 1 aliphatic rings. The van der Waals surface area contributed by atoms with Gasteiger partial charge >= 0.3 is 0 Å². The van der Waals surface area contributed by atoms with Crippen molar-refractivity contribution < 1.29 is 4.79 Å². The number of likely N-dealkylation sites (tertiary alicyclic amines) is 1. The summed E-state index contributed by atoms with van der Waals surface area (Å²) in [6.45, 7) is 7.62. The Kier molecular flexibility index (Phi) is 2.96. The lowest BCUT2D eigenvalue weighted by atomic mass is 10.0. The Morgan fingerprint density at radius 1 is 1.62 bits per heavy atom. The lowest BCUT2D eigenvalue weighted by Gasteiger charge is -2.34. The summed E-state index contributed by atoms with van der Waals surface area (Å²) < 4.78 is 0. The quantitative estimate of drug-likeness (QED) is 0.710. The van der Waals surface area contributed by atoms with Gasteiger partial charge < -0.3 is 10.6 Å². The van der Waals surface area contributed by atoms with Crippen LogP contribution in [0.25, 0.3) is 0 Å². The van der Waals surface area contributed by atoms with E-state index in [1.54, 1.807) is 0 Å². The predicted octanol–water partition coefficient (Wildman–Crippen LogP) is 0.982. The summed E-state index contributed by atoms with van der Waals surface area (Å²) in [5.74, 6) is 0.806. The zero-order chi connectivity index (χ0) is 10.1. The smallest absolute Gasteiger partial charge is 0.223 e. The van der Waals surface area contributed by atoms with Crippen LogP contribution in [0.4, 0.5) is 0 Å². The van der Waals surface area contributed by atoms with Crippen molar-refractivity contribution in [1.29, 1.82) is 0 Å². The van der Waals surface area contributed by atoms with Gasteiger partial charge in [0.15, 0.2) is 0 Å². The second kappa shape index (κ2) is 3.66. The van der Waals surface area contributed by atoms with Crippen molar-refractivity contribution in [3.8, 4) is 0 Å². The molecule has 0 aromatic heterocycles. The number of carbonyl (C=O) groups is 1. The third kappa shape index (κ3) is 2.02. The Hall–Kier alpha value is -0.570. The van der Waals surface area contributed by atoms with Crippen LogP contribution in [-0.4, -0.2) is 29.4 Å². The topological polar surface area (TPSA) is 46.3 Å². The van der Waals surface area contributed by atoms with Crippen LogP contribution in [0.15, 0.2) is 0 Å². The van der Waals surface area contributed by atoms with Gasteiger partial charge in [0.05, 0.1) is 0 Å². The highest BCUT2D eigenvalue weighted by atomic mass is 16.2. The van der Waals surface area contributed by atoms with Gasteiger partial charge in [0, 0.05) is 25.0 Å². The lowest BCUT2D eigenvalue weighted by Crippen LogP contribution is -2.50. The first-order valence-corrected chi connectivity index (χ1v) is 5.01. The molecule has 0 bridgehead atoms. The molecule has 1 saturated heterocycles. The molecule has 0 aromatic rings. The van der Waals surface area contributed by atoms with Crippen LogP contribution >= 0.6 is 0 Å². The Morgan fingerprint density at radius 2 is 2.23 bits per heavy atom. The summed E-state index contributed by atoms with van der Waals surface area (Å²) in [7, 11) is 0. The van der Waals surface area contributed by atoms with Crippen LogP contribution in [0.5, 0.6) is 0 Å². The van der Waals surface area contributed by atoms with E-state index in [0.29, 0.717) is 18.9 Å². The molecule has 1 heterocycles. The first kappa shape index (κ1) is 10.5. The molecule has 0 aliphatic carbocycles. The Morgan fingerprint density at radius 3 is 2.62 bits per heavy atom. The van der Waals surface area contributed by atoms with Crippen LogP contribution in [0.3, 0.4) is 0 Å². The average Bonchev–Trinajstić information content (AvgIpc) is 2.47. The first-order chi connectivity index (χ1) is 6.01. The van der Waals surface area contributed by atoms with E-state index >= 15 is 0 Å². The zero-order valence-corrected chi connectivity index (χ0v) is 8.84. The second-order valence-corrected chi connectivity index (χ2v) is 4.50. The van der Waals surface area contributed by atoms with E-state index in [-0.39, 0.29) is 11.4 Å². The molecule has 1 rings (SSSR count). The van der Waals surface area contributed by atoms with Crippen molar-refractivity contribution >= 4 is 5.91 Å². The summed E-state index contributed by atoms with van der Waals surface area (Å²) in [6, 6.07) is 0. The number of hydrogen-bond acceptors (Lipinski definition) is 2. The summed E-state index contributed by atoms with van der Waals surface area (Å²) >= 11 is 0. The van der Waals surface area contributed by atoms with Crippen molar-refractivity contribution in [3.05, 3.63) is 0 Å². The number of hydrogen-bond donors (Lipinski definition) is 1. The molecule has 13 heavy (non-hydrogen) atoms. The molecule has 3 heteroatoms. The molecule has 1 amide bonds. The van der Waals surface area contributed by atoms with Gasteiger partial charge in [-0.15, -0.1) is 0 Å². The Labute approximate surface area is 80.3 Å². The minimum absolute atomic E-state index is 0.166. The van der Waals surface area contributed by atoms with Gasteiger partial charge in [-0.3, -0.25) is 4.79 Å². The second-order valence-electron chi connectivity index (χ2n) is 4.50. The van der Waals surface area contributed by atoms with Crippen molar-refractivity contribution in [1.82, 2.24) is 4.90 Å². The molecule has 76 valence electrons. The average molecular weight is 184 g/mol. The fourth-order valence-corrected chi connectivity index (χ4v) is 1.75. The van der Waals surface area contributed by atoms with Gasteiger partial charge in [-0.1, -0.05) is 13.3 Å². The molecule has 0 radical (unpaired) electrons. The van der Waals surface area contributed by atoms with E-state index in [2.05, 4.69) is 6.92 Å². The molecule has 0 saturated carbocycles. The third-order valence-corrected chi connectivity index (χ3v) is 3.01. The molecule has 2 N–H and O–H groups in total. The molecule has 1 aliphatic heterocycles. The number of amides is 1. The normalized spacial score (nSPS) is 24.2. The molecule has 0 spiro atoms. The van der Waals surface area contributed by atoms with Gasteiger partial charge in [-0.2, -0.15) is 0 Å². The summed E-state index contributed by atoms with van der Waals surface area (Å²) in [6.07, 6.45) is 1.79. The van der Waals surface area contributed by atoms with Crippen LogP contribution in [-0.2, 0) is 4.79 Å². The van der Waals surface area contributed by atoms with Crippen LogP contribution in [0, 0.1) is 5.92 Å². The predicted molar refractivity (Wildman–Crippen MR) is 53.2 cm³/mol. The van der Waals surface area contributed by atoms with E-state index < -0.39 is 0 Å². The van der Waals surface area contributed by atoms with E-state index in [9.17, 15) is 4.79 Å². The highest BCUT2D eigenvalue weighted by molar-refractivity contribution is 5.79. The van der Waals surface area contributed by atoms with Crippen LogP contribution in [0.1, 0.15) is 33.6 Å². The molecular formula is C10H20N2O. The van der Waals surface area contributed by atoms with Crippen molar-refractivity contribution in [2.75, 3.05) is 13.1 Å². The minimum atomic E-state index is -0.166. The molecule has 0 aromatic carbocycles. The molecule has 3 nitrogen and oxygen atoms in total. The van der Waals surface area contributed by atoms with Crippen molar-refractivity contribution in [2.45, 2.75) is 39.2 Å². The fourth-order valence-electron chi connectivity index (χ4n) is 1.75. The highest BCUT2D eigenvalue weighted by Crippen LogP contribution is 2.26. The first-order valence-electron chi connectivity index (χ1n) is 5.01. The largest absolute Gasteiger partial charge is 0.336 e. The SMILES string of the molecule is CCC1CC(=O)N(C(C)(C)CN)C1. The van der Waals surface area contributed by atoms with Gasteiger partial charge in [0.25, 0.3) is 0 Å². The number of rotatable bonds is 3. The van der Waals surface area contributed by atoms with E-state index in [1.807, 2.05) is 18.7 Å². The fraction of sp³-hybridized carbons (Fsp3) is 0.900. The summed E-state index contributed by atoms with van der Waals surface area (Å²) in [5.41, 5.74) is 5.48. The maximum Gasteiger partial charge on any atom is 0.223 e.